The quantitative estimate of drug-likeness (QED) is 0.579. The van der Waals surface area contributed by atoms with E-state index in [4.69, 9.17) is 9.47 Å². The molecule has 3 unspecified atom stereocenters. The molecule has 4 heteroatoms. The lowest BCUT2D eigenvalue weighted by atomic mass is 9.80. The fourth-order valence-corrected chi connectivity index (χ4v) is 4.34. The summed E-state index contributed by atoms with van der Waals surface area (Å²) >= 11 is 0. The first-order valence-electron chi connectivity index (χ1n) is 8.51. The van der Waals surface area contributed by atoms with Gasteiger partial charge < -0.3 is 9.47 Å². The molecule has 0 heterocycles. The van der Waals surface area contributed by atoms with E-state index in [2.05, 4.69) is 12.2 Å². The zero-order chi connectivity index (χ0) is 15.9. The van der Waals surface area contributed by atoms with Crippen LogP contribution < -0.4 is 0 Å². The fraction of sp³-hybridized carbons (Fsp3) is 0.778. The Morgan fingerprint density at radius 1 is 1.14 bits per heavy atom. The van der Waals surface area contributed by atoms with E-state index in [1.165, 1.54) is 6.42 Å². The number of hydrogen-bond acceptors (Lipinski definition) is 4. The van der Waals surface area contributed by atoms with Gasteiger partial charge in [0.2, 0.25) is 0 Å². The molecule has 3 aliphatic carbocycles. The highest BCUT2D eigenvalue weighted by Crippen LogP contribution is 2.57. The van der Waals surface area contributed by atoms with E-state index in [-0.39, 0.29) is 36.5 Å². The lowest BCUT2D eigenvalue weighted by molar-refractivity contribution is -0.162. The molecule has 0 spiro atoms. The third-order valence-corrected chi connectivity index (χ3v) is 5.56. The van der Waals surface area contributed by atoms with E-state index >= 15 is 0 Å². The third kappa shape index (κ3) is 2.80. The van der Waals surface area contributed by atoms with Crippen molar-refractivity contribution in [3.63, 3.8) is 0 Å². The highest BCUT2D eigenvalue weighted by atomic mass is 16.6. The van der Waals surface area contributed by atoms with Crippen LogP contribution in [0.4, 0.5) is 0 Å². The molecule has 0 aromatic heterocycles. The van der Waals surface area contributed by atoms with Gasteiger partial charge in [0, 0.05) is 0 Å². The largest absolute Gasteiger partial charge is 0.465 e. The van der Waals surface area contributed by atoms with E-state index in [1.807, 2.05) is 0 Å². The molecule has 3 aliphatic rings. The van der Waals surface area contributed by atoms with Crippen molar-refractivity contribution in [2.75, 3.05) is 6.61 Å². The maximum Gasteiger partial charge on any atom is 0.312 e. The molecule has 2 fully saturated rings. The molecule has 0 saturated heterocycles. The Labute approximate surface area is 132 Å². The molecule has 2 bridgehead atoms. The Morgan fingerprint density at radius 3 is 2.64 bits per heavy atom. The van der Waals surface area contributed by atoms with E-state index in [9.17, 15) is 9.59 Å². The minimum absolute atomic E-state index is 0.0712. The van der Waals surface area contributed by atoms with Crippen LogP contribution >= 0.6 is 0 Å². The van der Waals surface area contributed by atoms with Crippen LogP contribution in [0.15, 0.2) is 12.2 Å². The number of allylic oxidation sites excluding steroid dienone is 2. The molecular weight excluding hydrogens is 280 g/mol. The topological polar surface area (TPSA) is 52.6 Å². The van der Waals surface area contributed by atoms with Crippen LogP contribution in [0.25, 0.3) is 0 Å². The number of ether oxygens (including phenoxy) is 2. The summed E-state index contributed by atoms with van der Waals surface area (Å²) in [5.41, 5.74) is 0. The number of fused-ring (bicyclic) bond motifs is 5. The Bertz CT molecular complexity index is 481. The first-order chi connectivity index (χ1) is 10.5. The zero-order valence-electron chi connectivity index (χ0n) is 13.7. The molecule has 0 amide bonds. The van der Waals surface area contributed by atoms with Crippen LogP contribution in [0.2, 0.25) is 0 Å². The van der Waals surface area contributed by atoms with Gasteiger partial charge in [0.25, 0.3) is 0 Å². The highest BCUT2D eigenvalue weighted by molar-refractivity contribution is 5.74. The van der Waals surface area contributed by atoms with Crippen molar-refractivity contribution >= 4 is 11.9 Å². The van der Waals surface area contributed by atoms with Crippen molar-refractivity contribution in [3.8, 4) is 0 Å². The summed E-state index contributed by atoms with van der Waals surface area (Å²) in [4.78, 5) is 23.7. The molecule has 6 atom stereocenters. The third-order valence-electron chi connectivity index (χ3n) is 5.56. The van der Waals surface area contributed by atoms with Crippen molar-refractivity contribution in [2.45, 2.75) is 46.1 Å². The second-order valence-electron chi connectivity index (χ2n) is 7.46. The van der Waals surface area contributed by atoms with Gasteiger partial charge in [0.05, 0.1) is 11.8 Å². The molecular formula is C18H26O4. The number of carbonyl (C=O) groups is 2. The monoisotopic (exact) mass is 306 g/mol. The minimum atomic E-state index is -0.390. The predicted octanol–water partition coefficient (Wildman–Crippen LogP) is 2.97. The Kier molecular flexibility index (Phi) is 4.28. The molecule has 122 valence electrons. The summed E-state index contributed by atoms with van der Waals surface area (Å²) in [6.45, 7) is 5.45. The summed E-state index contributed by atoms with van der Waals surface area (Å²) in [7, 11) is 0. The number of hydrogen-bond donors (Lipinski definition) is 0. The molecule has 2 saturated carbocycles. The molecule has 4 nitrogen and oxygen atoms in total. The van der Waals surface area contributed by atoms with Gasteiger partial charge in [-0.25, -0.2) is 0 Å². The molecule has 0 aliphatic heterocycles. The van der Waals surface area contributed by atoms with Crippen LogP contribution in [0.1, 0.15) is 40.0 Å². The second-order valence-corrected chi connectivity index (χ2v) is 7.46. The van der Waals surface area contributed by atoms with Gasteiger partial charge in [-0.05, 0) is 49.9 Å². The van der Waals surface area contributed by atoms with Crippen LogP contribution in [0, 0.1) is 35.5 Å². The van der Waals surface area contributed by atoms with Crippen LogP contribution in [0.3, 0.4) is 0 Å². The number of esters is 2. The lowest BCUT2D eigenvalue weighted by Gasteiger charge is -2.31. The number of carbonyl (C=O) groups excluding carboxylic acids is 2. The van der Waals surface area contributed by atoms with Crippen LogP contribution in [-0.2, 0) is 19.1 Å². The molecule has 3 rings (SSSR count). The minimum Gasteiger partial charge on any atom is -0.465 e. The molecule has 0 N–H and O–H groups in total. The van der Waals surface area contributed by atoms with Gasteiger partial charge in [-0.1, -0.05) is 26.0 Å². The average molecular weight is 306 g/mol. The fourth-order valence-electron chi connectivity index (χ4n) is 4.34. The van der Waals surface area contributed by atoms with Crippen molar-refractivity contribution in [1.82, 2.24) is 0 Å². The lowest BCUT2D eigenvalue weighted by Crippen LogP contribution is -2.34. The van der Waals surface area contributed by atoms with Gasteiger partial charge in [-0.3, -0.25) is 9.59 Å². The van der Waals surface area contributed by atoms with Crippen LogP contribution in [0.5, 0.6) is 0 Å². The van der Waals surface area contributed by atoms with Crippen molar-refractivity contribution in [2.24, 2.45) is 35.5 Å². The Balaban J connectivity index is 1.47. The molecule has 0 aromatic carbocycles. The van der Waals surface area contributed by atoms with Gasteiger partial charge >= 0.3 is 11.9 Å². The van der Waals surface area contributed by atoms with Gasteiger partial charge in [0.1, 0.15) is 12.7 Å². The summed E-state index contributed by atoms with van der Waals surface area (Å²) < 4.78 is 10.9. The van der Waals surface area contributed by atoms with Gasteiger partial charge in [-0.15, -0.1) is 0 Å². The summed E-state index contributed by atoms with van der Waals surface area (Å²) in [6.07, 6.45) is 8.06. The Morgan fingerprint density at radius 2 is 1.91 bits per heavy atom. The zero-order valence-corrected chi connectivity index (χ0v) is 13.7. The smallest absolute Gasteiger partial charge is 0.312 e. The van der Waals surface area contributed by atoms with Crippen LogP contribution in [-0.4, -0.2) is 24.6 Å². The molecule has 0 radical (unpaired) electrons. The normalized spacial score (nSPS) is 36.5. The predicted molar refractivity (Wildman–Crippen MR) is 81.8 cm³/mol. The van der Waals surface area contributed by atoms with Gasteiger partial charge in [-0.2, -0.15) is 0 Å². The van der Waals surface area contributed by atoms with E-state index in [0.29, 0.717) is 17.8 Å². The van der Waals surface area contributed by atoms with Gasteiger partial charge in [0.15, 0.2) is 0 Å². The first kappa shape index (κ1) is 15.6. The van der Waals surface area contributed by atoms with Crippen molar-refractivity contribution < 1.29 is 19.1 Å². The average Bonchev–Trinajstić information content (AvgIpc) is 3.15. The summed E-state index contributed by atoms with van der Waals surface area (Å²) in [5.74, 6) is 1.59. The first-order valence-corrected chi connectivity index (χ1v) is 8.51. The summed E-state index contributed by atoms with van der Waals surface area (Å²) in [5, 5.41) is 0. The van der Waals surface area contributed by atoms with Crippen molar-refractivity contribution in [1.29, 1.82) is 0 Å². The second kappa shape index (κ2) is 6.05. The highest BCUT2D eigenvalue weighted by Gasteiger charge is 2.53. The SMILES string of the molecule is CC(C)C(=O)OCC(C)C(=O)O[C@H]1CC2CC1[C@H]1CC=C[C@@H]21. The Hall–Kier alpha value is -1.32. The molecule has 22 heavy (non-hydrogen) atoms. The van der Waals surface area contributed by atoms with Crippen molar-refractivity contribution in [3.05, 3.63) is 12.2 Å². The molecule has 0 aromatic rings. The maximum atomic E-state index is 12.2. The van der Waals surface area contributed by atoms with E-state index < -0.39 is 0 Å². The van der Waals surface area contributed by atoms with E-state index in [0.717, 1.165) is 18.8 Å². The van der Waals surface area contributed by atoms with E-state index in [1.54, 1.807) is 20.8 Å². The maximum absolute atomic E-state index is 12.2. The summed E-state index contributed by atoms with van der Waals surface area (Å²) in [6, 6.07) is 0. The standard InChI is InChI=1S/C18H26O4/c1-10(2)17(19)21-9-11(3)18(20)22-16-8-12-7-15(16)14-6-4-5-13(12)14/h4-5,10-16H,6-9H2,1-3H3/t11?,12?,13-,14-,15?,16-/m0/s1. The number of rotatable bonds is 5.